The smallest absolute Gasteiger partial charge is 0.320 e. The zero-order valence-corrected chi connectivity index (χ0v) is 5.09. The normalized spacial score (nSPS) is 14.0. The first-order valence-electron chi connectivity index (χ1n) is 2.54. The zero-order valence-electron chi connectivity index (χ0n) is 5.09. The van der Waals surface area contributed by atoms with Crippen molar-refractivity contribution in [1.29, 1.82) is 0 Å². The molecule has 3 heteroatoms. The minimum absolute atomic E-state index is 0.0208. The molecule has 48 valence electrons. The van der Waals surface area contributed by atoms with E-state index in [4.69, 9.17) is 10.8 Å². The topological polar surface area (TPSA) is 63.3 Å². The van der Waals surface area contributed by atoms with E-state index in [9.17, 15) is 4.79 Å². The molecule has 0 spiro atoms. The fourth-order valence-electron chi connectivity index (χ4n) is 0.285. The summed E-state index contributed by atoms with van der Waals surface area (Å²) in [5.74, 6) is -0.910. The van der Waals surface area contributed by atoms with Crippen LogP contribution in [0.4, 0.5) is 0 Å². The van der Waals surface area contributed by atoms with Crippen molar-refractivity contribution in [3.8, 4) is 0 Å². The minimum Gasteiger partial charge on any atom is -0.480 e. The molecule has 1 atom stereocenters. The van der Waals surface area contributed by atoms with E-state index in [1.54, 1.807) is 13.8 Å². The molecule has 3 nitrogen and oxygen atoms in total. The van der Waals surface area contributed by atoms with Crippen molar-refractivity contribution < 1.29 is 9.90 Å². The molecule has 0 aromatic rings. The van der Waals surface area contributed by atoms with Crippen LogP contribution in [0.15, 0.2) is 0 Å². The van der Waals surface area contributed by atoms with Gasteiger partial charge in [-0.2, -0.15) is 0 Å². The lowest BCUT2D eigenvalue weighted by atomic mass is 11.1. The van der Waals surface area contributed by atoms with Gasteiger partial charge in [-0.1, -0.05) is 13.8 Å². The molecule has 3 N–H and O–H groups in total. The summed E-state index contributed by atoms with van der Waals surface area (Å²) in [5.41, 5.74) is 5.16. The average molecular weight is 123 g/mol. The van der Waals surface area contributed by atoms with Crippen molar-refractivity contribution >= 4 is 5.97 Å². The van der Waals surface area contributed by atoms with Gasteiger partial charge < -0.3 is 10.8 Å². The summed E-state index contributed by atoms with van der Waals surface area (Å²) in [4.78, 5) is 10.0. The van der Waals surface area contributed by atoms with Gasteiger partial charge in [0.2, 0.25) is 0 Å². The average Bonchev–Trinajstić information content (AvgIpc) is 1.64. The van der Waals surface area contributed by atoms with Crippen LogP contribution in [0.1, 0.15) is 13.8 Å². The van der Waals surface area contributed by atoms with Crippen LogP contribution in [-0.4, -0.2) is 17.1 Å². The Morgan fingerprint density at radius 1 is 1.62 bits per heavy atom. The fourth-order valence-corrected chi connectivity index (χ4v) is 0.285. The molecule has 0 bridgehead atoms. The summed E-state index contributed by atoms with van der Waals surface area (Å²) < 4.78 is 0. The molecule has 0 aliphatic heterocycles. The third kappa shape index (κ3) is 1.93. The largest absolute Gasteiger partial charge is 0.480 e. The number of carboxylic acid groups (broad SMARTS) is 1. The second-order valence-corrected chi connectivity index (χ2v) is 2.11. The quantitative estimate of drug-likeness (QED) is 0.403. The van der Waals surface area contributed by atoms with Crippen LogP contribution in [0, 0.1) is 5.92 Å². The first-order valence-corrected chi connectivity index (χ1v) is 2.54. The standard InChI is InChI=1S/C5H11NO2/c1-3(2)4(6)5(7)8/h3-4H,6H2,1-2H3,(H,7,8)/i1+1,2+1,3+1,4+1,5+1,6+1. The van der Waals surface area contributed by atoms with Crippen molar-refractivity contribution in [2.24, 2.45) is 11.7 Å². The Morgan fingerprint density at radius 3 is 2.00 bits per heavy atom. The molecule has 0 aliphatic rings. The second kappa shape index (κ2) is 2.67. The Labute approximate surface area is 48.5 Å². The summed E-state index contributed by atoms with van der Waals surface area (Å²) >= 11 is 0. The number of hydrogen-bond donors (Lipinski definition) is 2. The minimum atomic E-state index is -0.931. The van der Waals surface area contributed by atoms with Gasteiger partial charge in [0.15, 0.2) is 0 Å². The van der Waals surface area contributed by atoms with Gasteiger partial charge in [0.25, 0.3) is 0 Å². The molecule has 0 rings (SSSR count). The molecular formula is C5H11NO2. The summed E-state index contributed by atoms with van der Waals surface area (Å²) in [6.45, 7) is 3.55. The Morgan fingerprint density at radius 2 is 2.00 bits per heavy atom. The molecule has 0 amide bonds. The third-order valence-corrected chi connectivity index (χ3v) is 1.00. The van der Waals surface area contributed by atoms with E-state index in [0.717, 1.165) is 0 Å². The van der Waals surface area contributed by atoms with E-state index < -0.39 is 12.0 Å². The van der Waals surface area contributed by atoms with Gasteiger partial charge in [0.1, 0.15) is 6.04 Å². The lowest BCUT2D eigenvalue weighted by molar-refractivity contribution is -0.139. The van der Waals surface area contributed by atoms with Crippen LogP contribution in [-0.2, 0) is 4.79 Å². The van der Waals surface area contributed by atoms with Crippen molar-refractivity contribution in [3.05, 3.63) is 0 Å². The maximum Gasteiger partial charge on any atom is 0.320 e. The Bertz CT molecular complexity index is 90.4. The molecular weight excluding hydrogens is 112 g/mol. The molecule has 0 aliphatic carbocycles. The van der Waals surface area contributed by atoms with Crippen LogP contribution < -0.4 is 5.73 Å². The number of rotatable bonds is 2. The van der Waals surface area contributed by atoms with Gasteiger partial charge >= 0.3 is 5.97 Å². The van der Waals surface area contributed by atoms with E-state index in [0.29, 0.717) is 0 Å². The van der Waals surface area contributed by atoms with Crippen molar-refractivity contribution in [2.75, 3.05) is 0 Å². The lowest BCUT2D eigenvalue weighted by Crippen LogP contribution is -2.34. The highest BCUT2D eigenvalue weighted by atomic mass is 16.5. The zero-order chi connectivity index (χ0) is 6.73. The van der Waals surface area contributed by atoms with Crippen LogP contribution in [0.3, 0.4) is 0 Å². The van der Waals surface area contributed by atoms with Crippen LogP contribution >= 0.6 is 0 Å². The molecule has 8 heavy (non-hydrogen) atoms. The Hall–Kier alpha value is -0.570. The molecule has 0 heterocycles. The van der Waals surface area contributed by atoms with Gasteiger partial charge in [0, 0.05) is 0 Å². The number of carboxylic acids is 1. The van der Waals surface area contributed by atoms with Crippen LogP contribution in [0.2, 0.25) is 0 Å². The highest BCUT2D eigenvalue weighted by Crippen LogP contribution is 1.96. The molecule has 0 aromatic heterocycles. The van der Waals surface area contributed by atoms with Gasteiger partial charge in [-0.05, 0) is 5.92 Å². The van der Waals surface area contributed by atoms with Crippen LogP contribution in [0.5, 0.6) is 0 Å². The molecule has 0 saturated heterocycles. The van der Waals surface area contributed by atoms with Gasteiger partial charge in [0.05, 0.1) is 0 Å². The molecule has 0 saturated carbocycles. The first-order chi connectivity index (χ1) is 3.55. The maximum absolute atomic E-state index is 10.0. The van der Waals surface area contributed by atoms with E-state index in [-0.39, 0.29) is 5.92 Å². The first kappa shape index (κ1) is 7.43. The highest BCUT2D eigenvalue weighted by molar-refractivity contribution is 5.73. The van der Waals surface area contributed by atoms with E-state index in [2.05, 4.69) is 0 Å². The van der Waals surface area contributed by atoms with Gasteiger partial charge in [-0.25, -0.2) is 0 Å². The number of carbonyl (C=O) groups is 1. The highest BCUT2D eigenvalue weighted by Gasteiger charge is 2.14. The van der Waals surface area contributed by atoms with Crippen molar-refractivity contribution in [3.63, 3.8) is 0 Å². The van der Waals surface area contributed by atoms with Crippen molar-refractivity contribution in [1.82, 2.24) is 0 Å². The molecule has 0 fully saturated rings. The van der Waals surface area contributed by atoms with E-state index in [1.165, 1.54) is 0 Å². The summed E-state index contributed by atoms with van der Waals surface area (Å²) in [6.07, 6.45) is 0. The number of nitrogens with two attached hydrogens (primary N) is 1. The SMILES string of the molecule is [13CH3][13CH]([13CH3])[13CH]([15NH2])[13C](=O)O. The Balaban J connectivity index is 3.64. The predicted octanol–water partition coefficient (Wildman–Crippen LogP) is 0.0543. The summed E-state index contributed by atoms with van der Waals surface area (Å²) in [5, 5.41) is 8.23. The lowest BCUT2D eigenvalue weighted by Gasteiger charge is -2.07. The van der Waals surface area contributed by atoms with Crippen LogP contribution in [0.25, 0.3) is 0 Å². The molecule has 0 radical (unpaired) electrons. The summed E-state index contributed by atoms with van der Waals surface area (Å²) in [7, 11) is 0. The third-order valence-electron chi connectivity index (χ3n) is 1.00. The fraction of sp³-hybridized carbons (Fsp3) is 0.800. The van der Waals surface area contributed by atoms with Gasteiger partial charge in [-0.3, -0.25) is 4.79 Å². The Kier molecular flexibility index (Phi) is 2.48. The second-order valence-electron chi connectivity index (χ2n) is 2.11. The van der Waals surface area contributed by atoms with E-state index >= 15 is 0 Å². The molecule has 1 unspecified atom stereocenters. The number of hydrogen-bond acceptors (Lipinski definition) is 2. The number of aliphatic carboxylic acids is 1. The molecule has 0 aromatic carbocycles. The predicted molar refractivity (Wildman–Crippen MR) is 30.4 cm³/mol. The van der Waals surface area contributed by atoms with E-state index in [1.807, 2.05) is 0 Å². The monoisotopic (exact) mass is 123 g/mol. The summed E-state index contributed by atoms with van der Waals surface area (Å²) in [6, 6.07) is -0.713. The maximum atomic E-state index is 10.0. The van der Waals surface area contributed by atoms with Gasteiger partial charge in [-0.15, -0.1) is 0 Å². The van der Waals surface area contributed by atoms with Crippen molar-refractivity contribution in [2.45, 2.75) is 19.9 Å².